The Kier molecular flexibility index (Phi) is 4.48. The number of fused-ring (bicyclic) bond motifs is 1. The molecule has 0 spiro atoms. The molecule has 0 radical (unpaired) electrons. The van der Waals surface area contributed by atoms with Gasteiger partial charge in [-0.3, -0.25) is 9.59 Å². The Balaban J connectivity index is 1.75. The summed E-state index contributed by atoms with van der Waals surface area (Å²) in [5.74, 6) is 0.766. The van der Waals surface area contributed by atoms with Crippen LogP contribution in [0.4, 0.5) is 0 Å². The van der Waals surface area contributed by atoms with Crippen LogP contribution in [0, 0.1) is 5.92 Å². The smallest absolute Gasteiger partial charge is 0.251 e. The second-order valence-corrected chi connectivity index (χ2v) is 7.07. The molecule has 1 aliphatic carbocycles. The number of rotatable bonds is 2. The number of amides is 1. The van der Waals surface area contributed by atoms with Gasteiger partial charge in [0.05, 0.1) is 0 Å². The molecular weight excluding hydrogens is 332 g/mol. The fourth-order valence-corrected chi connectivity index (χ4v) is 4.18. The van der Waals surface area contributed by atoms with Crippen molar-refractivity contribution in [2.45, 2.75) is 51.1 Å². The third kappa shape index (κ3) is 3.23. The Bertz CT molecular complexity index is 582. The Hall–Kier alpha value is -1.10. The molecule has 0 N–H and O–H groups in total. The van der Waals surface area contributed by atoms with Crippen LogP contribution in [0.1, 0.15) is 38.5 Å². The summed E-state index contributed by atoms with van der Waals surface area (Å²) in [6, 6.07) is 3.61. The SMILES string of the molecule is O=C(Cn1cc(Br)ccc1=O)N1CCC[C@@H]2CCCC[C@H]21. The van der Waals surface area contributed by atoms with E-state index in [0.717, 1.165) is 23.9 Å². The van der Waals surface area contributed by atoms with Gasteiger partial charge in [0.25, 0.3) is 5.56 Å². The Morgan fingerprint density at radius 3 is 2.81 bits per heavy atom. The van der Waals surface area contributed by atoms with Crippen molar-refractivity contribution >= 4 is 21.8 Å². The van der Waals surface area contributed by atoms with Crippen LogP contribution in [0.15, 0.2) is 27.6 Å². The molecule has 0 bridgehead atoms. The van der Waals surface area contributed by atoms with Gasteiger partial charge >= 0.3 is 0 Å². The molecule has 1 aromatic rings. The predicted molar refractivity (Wildman–Crippen MR) is 85.1 cm³/mol. The summed E-state index contributed by atoms with van der Waals surface area (Å²) in [5, 5.41) is 0. The molecule has 4 nitrogen and oxygen atoms in total. The highest BCUT2D eigenvalue weighted by molar-refractivity contribution is 9.10. The summed E-state index contributed by atoms with van der Waals surface area (Å²) in [6.07, 6.45) is 8.96. The van der Waals surface area contributed by atoms with Crippen molar-refractivity contribution in [3.05, 3.63) is 33.2 Å². The quantitative estimate of drug-likeness (QED) is 0.821. The highest BCUT2D eigenvalue weighted by Crippen LogP contribution is 2.35. The van der Waals surface area contributed by atoms with Crippen molar-refractivity contribution in [2.24, 2.45) is 5.92 Å². The van der Waals surface area contributed by atoms with E-state index in [1.54, 1.807) is 12.3 Å². The van der Waals surface area contributed by atoms with Gasteiger partial charge < -0.3 is 9.47 Å². The lowest BCUT2D eigenvalue weighted by atomic mass is 9.78. The monoisotopic (exact) mass is 352 g/mol. The zero-order valence-electron chi connectivity index (χ0n) is 12.1. The van der Waals surface area contributed by atoms with Gasteiger partial charge in [-0.15, -0.1) is 0 Å². The molecule has 1 saturated heterocycles. The number of hydrogen-bond acceptors (Lipinski definition) is 2. The van der Waals surface area contributed by atoms with Crippen LogP contribution in [0.25, 0.3) is 0 Å². The number of nitrogens with zero attached hydrogens (tertiary/aromatic N) is 2. The molecule has 5 heteroatoms. The van der Waals surface area contributed by atoms with Gasteiger partial charge in [0.1, 0.15) is 6.54 Å². The molecule has 1 amide bonds. The van der Waals surface area contributed by atoms with Gasteiger partial charge in [0.2, 0.25) is 5.91 Å². The number of halogens is 1. The lowest BCUT2D eigenvalue weighted by Crippen LogP contribution is -2.51. The summed E-state index contributed by atoms with van der Waals surface area (Å²) in [7, 11) is 0. The molecule has 2 atom stereocenters. The van der Waals surface area contributed by atoms with Crippen molar-refractivity contribution in [1.29, 1.82) is 0 Å². The number of piperidine rings is 1. The van der Waals surface area contributed by atoms with Gasteiger partial charge in [0.15, 0.2) is 0 Å². The second kappa shape index (κ2) is 6.34. The van der Waals surface area contributed by atoms with E-state index in [9.17, 15) is 9.59 Å². The zero-order chi connectivity index (χ0) is 14.8. The first-order valence-corrected chi connectivity index (χ1v) is 8.60. The maximum Gasteiger partial charge on any atom is 0.251 e. The lowest BCUT2D eigenvalue weighted by Gasteiger charge is -2.44. The largest absolute Gasteiger partial charge is 0.338 e. The summed E-state index contributed by atoms with van der Waals surface area (Å²) < 4.78 is 2.32. The maximum atomic E-state index is 12.6. The Morgan fingerprint density at radius 1 is 1.19 bits per heavy atom. The molecule has 0 unspecified atom stereocenters. The van der Waals surface area contributed by atoms with Crippen LogP contribution in [0.5, 0.6) is 0 Å². The average Bonchev–Trinajstić information content (AvgIpc) is 2.50. The normalized spacial score (nSPS) is 25.5. The molecule has 2 aliphatic rings. The van der Waals surface area contributed by atoms with Crippen LogP contribution in [-0.2, 0) is 11.3 Å². The lowest BCUT2D eigenvalue weighted by molar-refractivity contribution is -0.138. The van der Waals surface area contributed by atoms with E-state index >= 15 is 0 Å². The van der Waals surface area contributed by atoms with E-state index in [1.807, 2.05) is 4.90 Å². The van der Waals surface area contributed by atoms with Crippen LogP contribution < -0.4 is 5.56 Å². The molecule has 2 fully saturated rings. The van der Waals surface area contributed by atoms with Gasteiger partial charge in [0, 0.05) is 29.3 Å². The number of hydrogen-bond donors (Lipinski definition) is 0. The first kappa shape index (κ1) is 14.8. The minimum Gasteiger partial charge on any atom is -0.338 e. The van der Waals surface area contributed by atoms with E-state index in [1.165, 1.54) is 36.3 Å². The maximum absolute atomic E-state index is 12.6. The Labute approximate surface area is 133 Å². The second-order valence-electron chi connectivity index (χ2n) is 6.15. The third-order valence-corrected chi connectivity index (χ3v) is 5.29. The Morgan fingerprint density at radius 2 is 1.95 bits per heavy atom. The van der Waals surface area contributed by atoms with Crippen molar-refractivity contribution in [3.63, 3.8) is 0 Å². The molecular formula is C16H21BrN2O2. The molecule has 1 saturated carbocycles. The summed E-state index contributed by atoms with van der Waals surface area (Å²) in [4.78, 5) is 26.5. The first-order chi connectivity index (χ1) is 10.1. The van der Waals surface area contributed by atoms with Gasteiger partial charge in [-0.1, -0.05) is 12.8 Å². The molecule has 1 aliphatic heterocycles. The van der Waals surface area contributed by atoms with Crippen molar-refractivity contribution in [2.75, 3.05) is 6.54 Å². The van der Waals surface area contributed by atoms with E-state index < -0.39 is 0 Å². The highest BCUT2D eigenvalue weighted by Gasteiger charge is 2.35. The van der Waals surface area contributed by atoms with E-state index in [4.69, 9.17) is 0 Å². The average molecular weight is 353 g/mol. The van der Waals surface area contributed by atoms with Crippen LogP contribution in [0.3, 0.4) is 0 Å². The number of carbonyl (C=O) groups excluding carboxylic acids is 1. The molecule has 3 rings (SSSR count). The van der Waals surface area contributed by atoms with Gasteiger partial charge in [-0.05, 0) is 53.6 Å². The summed E-state index contributed by atoms with van der Waals surface area (Å²) in [5.41, 5.74) is -0.122. The van der Waals surface area contributed by atoms with Crippen molar-refractivity contribution in [3.8, 4) is 0 Å². The van der Waals surface area contributed by atoms with Crippen molar-refractivity contribution in [1.82, 2.24) is 9.47 Å². The number of carbonyl (C=O) groups is 1. The standard InChI is InChI=1S/C16H21BrN2O2/c17-13-7-8-15(20)18(10-13)11-16(21)19-9-3-5-12-4-1-2-6-14(12)19/h7-8,10,12,14H,1-6,9,11H2/t12-,14+/m0/s1. The van der Waals surface area contributed by atoms with Gasteiger partial charge in [-0.25, -0.2) is 0 Å². The molecule has 114 valence electrons. The van der Waals surface area contributed by atoms with Crippen LogP contribution in [-0.4, -0.2) is 28.0 Å². The molecule has 1 aromatic heterocycles. The summed E-state index contributed by atoms with van der Waals surface area (Å²) in [6.45, 7) is 1.00. The molecule has 0 aromatic carbocycles. The topological polar surface area (TPSA) is 42.3 Å². The van der Waals surface area contributed by atoms with E-state index in [-0.39, 0.29) is 18.0 Å². The fraction of sp³-hybridized carbons (Fsp3) is 0.625. The first-order valence-electron chi connectivity index (χ1n) is 7.80. The molecule has 2 heterocycles. The summed E-state index contributed by atoms with van der Waals surface area (Å²) >= 11 is 3.35. The predicted octanol–water partition coefficient (Wildman–Crippen LogP) is 2.79. The number of pyridine rings is 1. The van der Waals surface area contributed by atoms with E-state index in [2.05, 4.69) is 15.9 Å². The fourth-order valence-electron chi connectivity index (χ4n) is 3.80. The van der Waals surface area contributed by atoms with E-state index in [0.29, 0.717) is 12.0 Å². The van der Waals surface area contributed by atoms with Gasteiger partial charge in [-0.2, -0.15) is 0 Å². The van der Waals surface area contributed by atoms with Crippen LogP contribution in [0.2, 0.25) is 0 Å². The zero-order valence-corrected chi connectivity index (χ0v) is 13.7. The van der Waals surface area contributed by atoms with Crippen molar-refractivity contribution < 1.29 is 4.79 Å². The molecule has 21 heavy (non-hydrogen) atoms. The minimum absolute atomic E-state index is 0.0896. The number of likely N-dealkylation sites (tertiary alicyclic amines) is 1. The highest BCUT2D eigenvalue weighted by atomic mass is 79.9. The van der Waals surface area contributed by atoms with Crippen LogP contribution >= 0.6 is 15.9 Å². The number of aromatic nitrogens is 1. The third-order valence-electron chi connectivity index (χ3n) is 4.82. The minimum atomic E-state index is -0.122.